The van der Waals surface area contributed by atoms with E-state index in [0.29, 0.717) is 13.1 Å². The molecule has 2 rings (SSSR count). The Morgan fingerprint density at radius 1 is 0.793 bits per heavy atom. The van der Waals surface area contributed by atoms with Gasteiger partial charge >= 0.3 is 11.9 Å². The molecule has 0 bridgehead atoms. The molecule has 154 valence electrons. The van der Waals surface area contributed by atoms with E-state index < -0.39 is 11.9 Å². The lowest BCUT2D eigenvalue weighted by Gasteiger charge is -2.08. The average molecular weight is 401 g/mol. The Hall–Kier alpha value is -3.72. The Morgan fingerprint density at radius 2 is 1.34 bits per heavy atom. The van der Waals surface area contributed by atoms with E-state index in [-0.39, 0.29) is 18.4 Å². The molecule has 5 N–H and O–H groups in total. The number of carbonyl (C=O) groups is 4. The molecule has 0 fully saturated rings. The van der Waals surface area contributed by atoms with E-state index in [2.05, 4.69) is 16.0 Å². The molecule has 0 atom stereocenters. The molecule has 9 nitrogen and oxygen atoms in total. The molecule has 0 radical (unpaired) electrons. The molecule has 2 aromatic rings. The van der Waals surface area contributed by atoms with Gasteiger partial charge in [-0.3, -0.25) is 9.59 Å². The SMILES string of the molecule is CC(=O)NCCNCC(=O)Nc1ccc(-c2ccccc2)cc1.O=C(O)C(=O)O. The maximum atomic E-state index is 11.8. The van der Waals surface area contributed by atoms with Crippen LogP contribution in [-0.2, 0) is 19.2 Å². The Balaban J connectivity index is 0.000000612. The number of anilines is 1. The minimum absolute atomic E-state index is 0.0743. The Labute approximate surface area is 167 Å². The number of carboxylic acid groups (broad SMARTS) is 2. The summed E-state index contributed by atoms with van der Waals surface area (Å²) in [6, 6.07) is 17.8. The lowest BCUT2D eigenvalue weighted by Crippen LogP contribution is -2.34. The van der Waals surface area contributed by atoms with Crippen LogP contribution in [-0.4, -0.2) is 53.6 Å². The van der Waals surface area contributed by atoms with Crippen LogP contribution in [0.3, 0.4) is 0 Å². The summed E-state index contributed by atoms with van der Waals surface area (Å²) in [7, 11) is 0. The summed E-state index contributed by atoms with van der Waals surface area (Å²) in [5, 5.41) is 23.2. The second-order valence-corrected chi connectivity index (χ2v) is 5.76. The quantitative estimate of drug-likeness (QED) is 0.346. The second kappa shape index (κ2) is 12.6. The topological polar surface area (TPSA) is 145 Å². The smallest absolute Gasteiger partial charge is 0.414 e. The van der Waals surface area contributed by atoms with Crippen molar-refractivity contribution in [3.8, 4) is 11.1 Å². The largest absolute Gasteiger partial charge is 0.473 e. The number of aliphatic carboxylic acids is 2. The van der Waals surface area contributed by atoms with Crippen molar-refractivity contribution in [3.63, 3.8) is 0 Å². The highest BCUT2D eigenvalue weighted by Crippen LogP contribution is 2.20. The Bertz CT molecular complexity index is 810. The first-order valence-corrected chi connectivity index (χ1v) is 8.66. The van der Waals surface area contributed by atoms with Crippen molar-refractivity contribution in [2.24, 2.45) is 0 Å². The van der Waals surface area contributed by atoms with Crippen LogP contribution in [0, 0.1) is 0 Å². The summed E-state index contributed by atoms with van der Waals surface area (Å²) in [4.78, 5) is 40.7. The van der Waals surface area contributed by atoms with Crippen molar-refractivity contribution in [2.45, 2.75) is 6.92 Å². The van der Waals surface area contributed by atoms with Gasteiger partial charge in [0.15, 0.2) is 0 Å². The van der Waals surface area contributed by atoms with Crippen molar-refractivity contribution < 1.29 is 29.4 Å². The van der Waals surface area contributed by atoms with Gasteiger partial charge in [0.05, 0.1) is 6.54 Å². The van der Waals surface area contributed by atoms with Crippen molar-refractivity contribution in [1.82, 2.24) is 10.6 Å². The fourth-order valence-corrected chi connectivity index (χ4v) is 2.11. The van der Waals surface area contributed by atoms with E-state index in [9.17, 15) is 9.59 Å². The van der Waals surface area contributed by atoms with Gasteiger partial charge in [-0.05, 0) is 23.3 Å². The van der Waals surface area contributed by atoms with E-state index in [1.54, 1.807) is 0 Å². The van der Waals surface area contributed by atoms with Gasteiger partial charge in [-0.25, -0.2) is 9.59 Å². The van der Waals surface area contributed by atoms with E-state index in [1.165, 1.54) is 6.92 Å². The molecule has 9 heteroatoms. The maximum Gasteiger partial charge on any atom is 0.414 e. The number of hydrogen-bond donors (Lipinski definition) is 5. The average Bonchev–Trinajstić information content (AvgIpc) is 2.69. The number of nitrogens with one attached hydrogen (secondary N) is 3. The number of amides is 2. The number of hydrogen-bond acceptors (Lipinski definition) is 5. The van der Waals surface area contributed by atoms with Gasteiger partial charge in [0, 0.05) is 25.7 Å². The summed E-state index contributed by atoms with van der Waals surface area (Å²) >= 11 is 0. The van der Waals surface area contributed by atoms with E-state index in [4.69, 9.17) is 19.8 Å². The minimum atomic E-state index is -1.82. The molecule has 0 spiro atoms. The van der Waals surface area contributed by atoms with Crippen LogP contribution in [0.15, 0.2) is 54.6 Å². The van der Waals surface area contributed by atoms with Crippen LogP contribution >= 0.6 is 0 Å². The third-order valence-electron chi connectivity index (χ3n) is 3.42. The molecule has 0 aromatic heterocycles. The predicted molar refractivity (Wildman–Crippen MR) is 107 cm³/mol. The van der Waals surface area contributed by atoms with Crippen LogP contribution in [0.4, 0.5) is 5.69 Å². The van der Waals surface area contributed by atoms with Crippen molar-refractivity contribution in [3.05, 3.63) is 54.6 Å². The summed E-state index contributed by atoms with van der Waals surface area (Å²) in [6.07, 6.45) is 0. The normalized spacial score (nSPS) is 9.55. The molecule has 0 saturated carbocycles. The van der Waals surface area contributed by atoms with Crippen LogP contribution in [0.1, 0.15) is 6.92 Å². The van der Waals surface area contributed by atoms with Crippen LogP contribution in [0.2, 0.25) is 0 Å². The number of carboxylic acids is 2. The van der Waals surface area contributed by atoms with Crippen molar-refractivity contribution in [1.29, 1.82) is 0 Å². The first-order valence-electron chi connectivity index (χ1n) is 8.66. The standard InChI is InChI=1S/C18H21N3O2.C2H2O4/c1-14(22)20-12-11-19-13-18(23)21-17-9-7-16(8-10-17)15-5-3-2-4-6-15;3-1(4)2(5)6/h2-10,19H,11-13H2,1H3,(H,20,22)(H,21,23);(H,3,4)(H,5,6). The molecular formula is C20H23N3O6. The fourth-order valence-electron chi connectivity index (χ4n) is 2.11. The van der Waals surface area contributed by atoms with E-state index >= 15 is 0 Å². The highest BCUT2D eigenvalue weighted by Gasteiger charge is 2.04. The molecule has 0 heterocycles. The summed E-state index contributed by atoms with van der Waals surface area (Å²) in [5.41, 5.74) is 3.01. The zero-order chi connectivity index (χ0) is 21.6. The molecule has 0 aliphatic heterocycles. The third-order valence-corrected chi connectivity index (χ3v) is 3.42. The zero-order valence-corrected chi connectivity index (χ0v) is 15.8. The van der Waals surface area contributed by atoms with Crippen LogP contribution < -0.4 is 16.0 Å². The summed E-state index contributed by atoms with van der Waals surface area (Å²) < 4.78 is 0. The first-order chi connectivity index (χ1) is 13.8. The number of benzene rings is 2. The van der Waals surface area contributed by atoms with Crippen LogP contribution in [0.5, 0.6) is 0 Å². The molecule has 0 saturated heterocycles. The number of carbonyl (C=O) groups excluding carboxylic acids is 2. The second-order valence-electron chi connectivity index (χ2n) is 5.76. The van der Waals surface area contributed by atoms with Gasteiger partial charge < -0.3 is 26.2 Å². The van der Waals surface area contributed by atoms with E-state index in [0.717, 1.165) is 16.8 Å². The van der Waals surface area contributed by atoms with Crippen molar-refractivity contribution in [2.75, 3.05) is 25.0 Å². The highest BCUT2D eigenvalue weighted by molar-refractivity contribution is 6.27. The number of rotatable bonds is 7. The molecular weight excluding hydrogens is 378 g/mol. The van der Waals surface area contributed by atoms with Gasteiger partial charge in [0.25, 0.3) is 0 Å². The molecule has 2 amide bonds. The van der Waals surface area contributed by atoms with E-state index in [1.807, 2.05) is 54.6 Å². The lowest BCUT2D eigenvalue weighted by molar-refractivity contribution is -0.159. The van der Waals surface area contributed by atoms with Gasteiger partial charge in [-0.15, -0.1) is 0 Å². The monoisotopic (exact) mass is 401 g/mol. The molecule has 0 unspecified atom stereocenters. The minimum Gasteiger partial charge on any atom is -0.473 e. The van der Waals surface area contributed by atoms with Crippen LogP contribution in [0.25, 0.3) is 11.1 Å². The maximum absolute atomic E-state index is 11.8. The Kier molecular flexibility index (Phi) is 10.2. The summed E-state index contributed by atoms with van der Waals surface area (Å²) in [6.45, 7) is 2.74. The molecule has 0 aliphatic rings. The van der Waals surface area contributed by atoms with Gasteiger partial charge in [-0.2, -0.15) is 0 Å². The lowest BCUT2D eigenvalue weighted by atomic mass is 10.1. The highest BCUT2D eigenvalue weighted by atomic mass is 16.4. The van der Waals surface area contributed by atoms with Gasteiger partial charge in [0.1, 0.15) is 0 Å². The van der Waals surface area contributed by atoms with Crippen molar-refractivity contribution >= 4 is 29.4 Å². The molecule has 0 aliphatic carbocycles. The zero-order valence-electron chi connectivity index (χ0n) is 15.8. The predicted octanol–water partition coefficient (Wildman–Crippen LogP) is 1.17. The Morgan fingerprint density at radius 3 is 1.86 bits per heavy atom. The van der Waals surface area contributed by atoms with Gasteiger partial charge in [0.2, 0.25) is 11.8 Å². The third kappa shape index (κ3) is 10.3. The molecule has 2 aromatic carbocycles. The molecule has 29 heavy (non-hydrogen) atoms. The fraction of sp³-hybridized carbons (Fsp3) is 0.200. The first kappa shape index (κ1) is 23.3. The summed E-state index contributed by atoms with van der Waals surface area (Å²) in [5.74, 6) is -3.83. The van der Waals surface area contributed by atoms with Gasteiger partial charge in [-0.1, -0.05) is 42.5 Å².